The summed E-state index contributed by atoms with van der Waals surface area (Å²) in [6.45, 7) is 0.655. The van der Waals surface area contributed by atoms with Gasteiger partial charge in [0.15, 0.2) is 5.82 Å². The largest absolute Gasteiger partial charge is 0.332 e. The van der Waals surface area contributed by atoms with E-state index in [0.717, 1.165) is 10.9 Å². The average Bonchev–Trinajstić information content (AvgIpc) is 3.21. The molecule has 1 N–H and O–H groups in total. The Hall–Kier alpha value is -2.27. The van der Waals surface area contributed by atoms with Gasteiger partial charge < -0.3 is 9.84 Å². The third-order valence-electron chi connectivity index (χ3n) is 3.41. The number of benzene rings is 1. The van der Waals surface area contributed by atoms with Crippen LogP contribution in [0.15, 0.2) is 40.9 Å². The van der Waals surface area contributed by atoms with Gasteiger partial charge in [-0.05, 0) is 25.0 Å². The summed E-state index contributed by atoms with van der Waals surface area (Å²) in [6.07, 6.45) is 2.49. The molecule has 0 amide bonds. The predicted octanol–water partition coefficient (Wildman–Crippen LogP) is 2.54. The molecule has 1 aliphatic carbocycles. The van der Waals surface area contributed by atoms with E-state index in [4.69, 9.17) is 4.52 Å². The Bertz CT molecular complexity index is 748. The van der Waals surface area contributed by atoms with Crippen LogP contribution in [0, 0.1) is 0 Å². The zero-order chi connectivity index (χ0) is 13.4. The third kappa shape index (κ3) is 2.28. The normalized spacial score (nSPS) is 14.8. The van der Waals surface area contributed by atoms with Crippen molar-refractivity contribution in [2.24, 2.45) is 0 Å². The molecule has 0 radical (unpaired) electrons. The molecular formula is C15H14N4O. The minimum Gasteiger partial charge on any atom is -0.332 e. The van der Waals surface area contributed by atoms with Gasteiger partial charge in [-0.1, -0.05) is 29.4 Å². The number of hydrogen-bond acceptors (Lipinski definition) is 5. The van der Waals surface area contributed by atoms with Gasteiger partial charge in [0, 0.05) is 11.4 Å². The smallest absolute Gasteiger partial charge is 0.276 e. The zero-order valence-electron chi connectivity index (χ0n) is 10.9. The van der Waals surface area contributed by atoms with Gasteiger partial charge in [-0.2, -0.15) is 4.98 Å². The predicted molar refractivity (Wildman–Crippen MR) is 74.9 cm³/mol. The van der Waals surface area contributed by atoms with Crippen LogP contribution in [0.2, 0.25) is 0 Å². The van der Waals surface area contributed by atoms with E-state index in [1.807, 2.05) is 36.4 Å². The van der Waals surface area contributed by atoms with E-state index >= 15 is 0 Å². The minimum atomic E-state index is 0.475. The highest BCUT2D eigenvalue weighted by Crippen LogP contribution is 2.21. The van der Waals surface area contributed by atoms with Crippen LogP contribution in [0.25, 0.3) is 22.5 Å². The number of nitrogens with zero attached hydrogens (tertiary/aromatic N) is 3. The van der Waals surface area contributed by atoms with Crippen molar-refractivity contribution in [1.29, 1.82) is 0 Å². The molecule has 0 bridgehead atoms. The van der Waals surface area contributed by atoms with Gasteiger partial charge in [0.25, 0.3) is 5.89 Å². The Balaban J connectivity index is 1.60. The third-order valence-corrected chi connectivity index (χ3v) is 3.41. The summed E-state index contributed by atoms with van der Waals surface area (Å²) in [5, 5.41) is 8.45. The van der Waals surface area contributed by atoms with Crippen LogP contribution in [0.5, 0.6) is 0 Å². The highest BCUT2D eigenvalue weighted by molar-refractivity contribution is 5.80. The second-order valence-corrected chi connectivity index (χ2v) is 5.06. The van der Waals surface area contributed by atoms with E-state index in [1.165, 1.54) is 12.8 Å². The molecule has 1 aliphatic rings. The molecule has 100 valence electrons. The van der Waals surface area contributed by atoms with Crippen LogP contribution in [0.3, 0.4) is 0 Å². The number of aromatic nitrogens is 3. The summed E-state index contributed by atoms with van der Waals surface area (Å²) in [5.41, 5.74) is 1.65. The number of nitrogens with one attached hydrogen (secondary N) is 1. The molecule has 0 aliphatic heterocycles. The summed E-state index contributed by atoms with van der Waals surface area (Å²) in [5.74, 6) is 1.16. The first-order valence-electron chi connectivity index (χ1n) is 6.81. The van der Waals surface area contributed by atoms with Crippen molar-refractivity contribution in [3.63, 3.8) is 0 Å². The van der Waals surface area contributed by atoms with Crippen molar-refractivity contribution in [3.05, 3.63) is 42.2 Å². The van der Waals surface area contributed by atoms with Crippen molar-refractivity contribution in [2.45, 2.75) is 25.4 Å². The van der Waals surface area contributed by atoms with Crippen LogP contribution < -0.4 is 5.32 Å². The molecule has 0 saturated heterocycles. The van der Waals surface area contributed by atoms with Crippen molar-refractivity contribution in [3.8, 4) is 11.6 Å². The first-order valence-corrected chi connectivity index (χ1v) is 6.81. The summed E-state index contributed by atoms with van der Waals surface area (Å²) in [6, 6.07) is 12.5. The van der Waals surface area contributed by atoms with Crippen molar-refractivity contribution in [2.75, 3.05) is 0 Å². The Kier molecular flexibility index (Phi) is 2.70. The van der Waals surface area contributed by atoms with Crippen molar-refractivity contribution >= 4 is 10.9 Å². The molecule has 5 nitrogen and oxygen atoms in total. The van der Waals surface area contributed by atoms with E-state index in [-0.39, 0.29) is 0 Å². The summed E-state index contributed by atoms with van der Waals surface area (Å²) >= 11 is 0. The fourth-order valence-electron chi connectivity index (χ4n) is 2.14. The topological polar surface area (TPSA) is 63.8 Å². The SMILES string of the molecule is c1ccc2nc(-c3nc(CNC4CC4)no3)ccc2c1. The zero-order valence-corrected chi connectivity index (χ0v) is 10.9. The summed E-state index contributed by atoms with van der Waals surface area (Å²) in [7, 11) is 0. The number of rotatable bonds is 4. The maximum atomic E-state index is 5.29. The van der Waals surface area contributed by atoms with Crippen molar-refractivity contribution < 1.29 is 4.52 Å². The highest BCUT2D eigenvalue weighted by Gasteiger charge is 2.21. The lowest BCUT2D eigenvalue weighted by Crippen LogP contribution is -2.16. The number of pyridine rings is 1. The van der Waals surface area contributed by atoms with Crippen LogP contribution in [0.1, 0.15) is 18.7 Å². The molecule has 3 aromatic rings. The molecule has 1 aromatic carbocycles. The first kappa shape index (κ1) is 11.5. The van der Waals surface area contributed by atoms with Gasteiger partial charge in [-0.15, -0.1) is 0 Å². The van der Waals surface area contributed by atoms with Gasteiger partial charge >= 0.3 is 0 Å². The molecule has 2 aromatic heterocycles. The van der Waals surface area contributed by atoms with Crippen LogP contribution >= 0.6 is 0 Å². The first-order chi connectivity index (χ1) is 9.88. The maximum absolute atomic E-state index is 5.29. The Morgan fingerprint density at radius 3 is 2.90 bits per heavy atom. The van der Waals surface area contributed by atoms with E-state index in [1.54, 1.807) is 0 Å². The fraction of sp³-hybridized carbons (Fsp3) is 0.267. The standard InChI is InChI=1S/C15H14N4O/c1-2-4-12-10(3-1)5-8-13(17-12)15-18-14(19-20-15)9-16-11-6-7-11/h1-5,8,11,16H,6-7,9H2. The molecule has 0 unspecified atom stereocenters. The van der Waals surface area contributed by atoms with Gasteiger partial charge in [0.1, 0.15) is 5.69 Å². The molecular weight excluding hydrogens is 252 g/mol. The average molecular weight is 266 g/mol. The van der Waals surface area contributed by atoms with E-state index in [9.17, 15) is 0 Å². The second kappa shape index (κ2) is 4.68. The summed E-state index contributed by atoms with van der Waals surface area (Å²) < 4.78 is 5.29. The molecule has 0 atom stereocenters. The quantitative estimate of drug-likeness (QED) is 0.786. The van der Waals surface area contributed by atoms with Crippen LogP contribution in [-0.4, -0.2) is 21.2 Å². The molecule has 20 heavy (non-hydrogen) atoms. The number of para-hydroxylation sites is 1. The van der Waals surface area contributed by atoms with Gasteiger partial charge in [-0.3, -0.25) is 0 Å². The van der Waals surface area contributed by atoms with Crippen molar-refractivity contribution in [1.82, 2.24) is 20.4 Å². The highest BCUT2D eigenvalue weighted by atomic mass is 16.5. The molecule has 2 heterocycles. The molecule has 0 spiro atoms. The Morgan fingerprint density at radius 2 is 2.00 bits per heavy atom. The monoisotopic (exact) mass is 266 g/mol. The Morgan fingerprint density at radius 1 is 1.10 bits per heavy atom. The molecule has 5 heteroatoms. The maximum Gasteiger partial charge on any atom is 0.276 e. The van der Waals surface area contributed by atoms with Gasteiger partial charge in [0.05, 0.1) is 12.1 Å². The second-order valence-electron chi connectivity index (χ2n) is 5.06. The minimum absolute atomic E-state index is 0.475. The molecule has 1 saturated carbocycles. The van der Waals surface area contributed by atoms with E-state index < -0.39 is 0 Å². The summed E-state index contributed by atoms with van der Waals surface area (Å²) in [4.78, 5) is 8.93. The van der Waals surface area contributed by atoms with Crippen LogP contribution in [-0.2, 0) is 6.54 Å². The lowest BCUT2D eigenvalue weighted by molar-refractivity contribution is 0.418. The lowest BCUT2D eigenvalue weighted by atomic mass is 10.2. The number of hydrogen-bond donors (Lipinski definition) is 1. The van der Waals surface area contributed by atoms with Gasteiger partial charge in [-0.25, -0.2) is 4.98 Å². The van der Waals surface area contributed by atoms with Gasteiger partial charge in [0.2, 0.25) is 0 Å². The Labute approximate surface area is 116 Å². The van der Waals surface area contributed by atoms with E-state index in [0.29, 0.717) is 30.0 Å². The number of fused-ring (bicyclic) bond motifs is 1. The van der Waals surface area contributed by atoms with Crippen LogP contribution in [0.4, 0.5) is 0 Å². The molecule has 4 rings (SSSR count). The lowest BCUT2D eigenvalue weighted by Gasteiger charge is -1.98. The fourth-order valence-corrected chi connectivity index (χ4v) is 2.14. The molecule has 1 fully saturated rings. The van der Waals surface area contributed by atoms with E-state index in [2.05, 4.69) is 20.4 Å².